The van der Waals surface area contributed by atoms with Crippen molar-refractivity contribution in [2.45, 2.75) is 19.8 Å². The highest BCUT2D eigenvalue weighted by Gasteiger charge is 2.05. The molecule has 0 saturated heterocycles. The van der Waals surface area contributed by atoms with Crippen molar-refractivity contribution >= 4 is 5.97 Å². The molecule has 1 aromatic carbocycles. The van der Waals surface area contributed by atoms with Gasteiger partial charge in [0.15, 0.2) is 0 Å². The van der Waals surface area contributed by atoms with Crippen LogP contribution in [0.5, 0.6) is 5.75 Å². The summed E-state index contributed by atoms with van der Waals surface area (Å²) in [5.74, 6) is -0.173. The summed E-state index contributed by atoms with van der Waals surface area (Å²) < 4.78 is 5.59. The maximum atomic E-state index is 10.7. The van der Waals surface area contributed by atoms with E-state index in [-0.39, 0.29) is 5.69 Å². The van der Waals surface area contributed by atoms with Gasteiger partial charge in [0.1, 0.15) is 11.4 Å². The van der Waals surface area contributed by atoms with Gasteiger partial charge in [-0.3, -0.25) is 0 Å². The van der Waals surface area contributed by atoms with Gasteiger partial charge in [-0.25, -0.2) is 9.78 Å². The van der Waals surface area contributed by atoms with E-state index in [9.17, 15) is 4.79 Å². The van der Waals surface area contributed by atoms with Crippen LogP contribution in [-0.4, -0.2) is 22.7 Å². The molecule has 1 aromatic heterocycles. The van der Waals surface area contributed by atoms with E-state index in [1.165, 1.54) is 6.07 Å². The molecule has 2 aromatic rings. The second kappa shape index (κ2) is 6.70. The Morgan fingerprint density at radius 2 is 1.85 bits per heavy atom. The standard InChI is InChI=1S/C16H17NO3/c1-2-3-10-20-14-7-4-12(5-8-14)13-6-9-15(16(18)19)17-11-13/h4-9,11H,2-3,10H2,1H3,(H,18,19). The van der Waals surface area contributed by atoms with Crippen LogP contribution in [0.15, 0.2) is 42.6 Å². The minimum Gasteiger partial charge on any atom is -0.494 e. The fraction of sp³-hybridized carbons (Fsp3) is 0.250. The van der Waals surface area contributed by atoms with Crippen molar-refractivity contribution in [3.8, 4) is 16.9 Å². The van der Waals surface area contributed by atoms with Crippen molar-refractivity contribution < 1.29 is 14.6 Å². The van der Waals surface area contributed by atoms with Gasteiger partial charge < -0.3 is 9.84 Å². The van der Waals surface area contributed by atoms with Crippen LogP contribution in [0.1, 0.15) is 30.3 Å². The summed E-state index contributed by atoms with van der Waals surface area (Å²) in [5, 5.41) is 8.81. The molecular weight excluding hydrogens is 254 g/mol. The molecule has 0 spiro atoms. The predicted octanol–water partition coefficient (Wildman–Crippen LogP) is 3.63. The summed E-state index contributed by atoms with van der Waals surface area (Å²) in [4.78, 5) is 14.6. The van der Waals surface area contributed by atoms with Gasteiger partial charge in [0, 0.05) is 11.8 Å². The summed E-state index contributed by atoms with van der Waals surface area (Å²) in [6.07, 6.45) is 3.72. The summed E-state index contributed by atoms with van der Waals surface area (Å²) in [7, 11) is 0. The Kier molecular flexibility index (Phi) is 4.71. The van der Waals surface area contributed by atoms with E-state index >= 15 is 0 Å². The number of ether oxygens (including phenoxy) is 1. The summed E-state index contributed by atoms with van der Waals surface area (Å²) in [5.41, 5.74) is 1.92. The molecule has 1 N–H and O–H groups in total. The molecule has 0 aliphatic heterocycles. The number of unbranched alkanes of at least 4 members (excludes halogenated alkanes) is 1. The maximum Gasteiger partial charge on any atom is 0.354 e. The molecule has 4 nitrogen and oxygen atoms in total. The molecule has 20 heavy (non-hydrogen) atoms. The van der Waals surface area contributed by atoms with Crippen LogP contribution in [0, 0.1) is 0 Å². The molecule has 0 amide bonds. The van der Waals surface area contributed by atoms with Crippen LogP contribution in [0.4, 0.5) is 0 Å². The number of hydrogen-bond acceptors (Lipinski definition) is 3. The summed E-state index contributed by atoms with van der Waals surface area (Å²) in [6, 6.07) is 11.0. The Morgan fingerprint density at radius 3 is 2.40 bits per heavy atom. The molecule has 2 rings (SSSR count). The second-order valence-corrected chi connectivity index (χ2v) is 4.46. The maximum absolute atomic E-state index is 10.7. The lowest BCUT2D eigenvalue weighted by Gasteiger charge is -2.06. The van der Waals surface area contributed by atoms with E-state index in [0.29, 0.717) is 0 Å². The van der Waals surface area contributed by atoms with E-state index in [0.717, 1.165) is 36.3 Å². The van der Waals surface area contributed by atoms with E-state index in [2.05, 4.69) is 11.9 Å². The fourth-order valence-corrected chi connectivity index (χ4v) is 1.77. The zero-order chi connectivity index (χ0) is 14.4. The lowest BCUT2D eigenvalue weighted by molar-refractivity contribution is 0.0690. The SMILES string of the molecule is CCCCOc1ccc(-c2ccc(C(=O)O)nc2)cc1. The molecule has 0 aliphatic rings. The van der Waals surface area contributed by atoms with Crippen LogP contribution in [0.3, 0.4) is 0 Å². The van der Waals surface area contributed by atoms with Gasteiger partial charge in [0.05, 0.1) is 6.61 Å². The van der Waals surface area contributed by atoms with Crippen molar-refractivity contribution in [1.29, 1.82) is 0 Å². The van der Waals surface area contributed by atoms with Gasteiger partial charge >= 0.3 is 5.97 Å². The minimum atomic E-state index is -1.02. The first-order chi connectivity index (χ1) is 9.70. The first-order valence-electron chi connectivity index (χ1n) is 6.63. The molecule has 0 radical (unpaired) electrons. The van der Waals surface area contributed by atoms with Crippen LogP contribution in [0.2, 0.25) is 0 Å². The lowest BCUT2D eigenvalue weighted by Crippen LogP contribution is -1.99. The topological polar surface area (TPSA) is 59.4 Å². The number of hydrogen-bond donors (Lipinski definition) is 1. The average Bonchev–Trinajstić information content (AvgIpc) is 2.48. The summed E-state index contributed by atoms with van der Waals surface area (Å²) >= 11 is 0. The zero-order valence-corrected chi connectivity index (χ0v) is 11.4. The number of nitrogens with zero attached hydrogens (tertiary/aromatic N) is 1. The largest absolute Gasteiger partial charge is 0.494 e. The minimum absolute atomic E-state index is 0.0493. The quantitative estimate of drug-likeness (QED) is 0.815. The highest BCUT2D eigenvalue weighted by Crippen LogP contribution is 2.22. The number of carbonyl (C=O) groups is 1. The Morgan fingerprint density at radius 1 is 1.15 bits per heavy atom. The zero-order valence-electron chi connectivity index (χ0n) is 11.4. The van der Waals surface area contributed by atoms with E-state index in [4.69, 9.17) is 9.84 Å². The number of benzene rings is 1. The predicted molar refractivity (Wildman–Crippen MR) is 77.0 cm³/mol. The van der Waals surface area contributed by atoms with Gasteiger partial charge in [-0.2, -0.15) is 0 Å². The van der Waals surface area contributed by atoms with Gasteiger partial charge in [0.2, 0.25) is 0 Å². The monoisotopic (exact) mass is 271 g/mol. The molecule has 104 valence electrons. The number of carboxylic acids is 1. The number of aromatic nitrogens is 1. The van der Waals surface area contributed by atoms with E-state index in [1.54, 1.807) is 12.3 Å². The first kappa shape index (κ1) is 14.1. The molecule has 0 unspecified atom stereocenters. The van der Waals surface area contributed by atoms with Crippen LogP contribution in [0.25, 0.3) is 11.1 Å². The number of carboxylic acid groups (broad SMARTS) is 1. The Bertz CT molecular complexity index is 561. The molecule has 0 bridgehead atoms. The lowest BCUT2D eigenvalue weighted by atomic mass is 10.1. The van der Waals surface area contributed by atoms with Crippen LogP contribution >= 0.6 is 0 Å². The number of pyridine rings is 1. The summed E-state index contributed by atoms with van der Waals surface area (Å²) in [6.45, 7) is 2.85. The first-order valence-corrected chi connectivity index (χ1v) is 6.63. The third kappa shape index (κ3) is 3.57. The van der Waals surface area contributed by atoms with Crippen LogP contribution in [-0.2, 0) is 0 Å². The molecule has 0 atom stereocenters. The van der Waals surface area contributed by atoms with Crippen molar-refractivity contribution in [3.63, 3.8) is 0 Å². The third-order valence-corrected chi connectivity index (χ3v) is 2.94. The average molecular weight is 271 g/mol. The Hall–Kier alpha value is -2.36. The van der Waals surface area contributed by atoms with Crippen molar-refractivity contribution in [3.05, 3.63) is 48.3 Å². The molecule has 1 heterocycles. The van der Waals surface area contributed by atoms with Gasteiger partial charge in [-0.05, 0) is 30.2 Å². The smallest absolute Gasteiger partial charge is 0.354 e. The Balaban J connectivity index is 2.07. The molecule has 0 aliphatic carbocycles. The highest BCUT2D eigenvalue weighted by molar-refractivity contribution is 5.85. The third-order valence-electron chi connectivity index (χ3n) is 2.94. The van der Waals surface area contributed by atoms with Crippen molar-refractivity contribution in [1.82, 2.24) is 4.98 Å². The highest BCUT2D eigenvalue weighted by atomic mass is 16.5. The van der Waals surface area contributed by atoms with Gasteiger partial charge in [-0.15, -0.1) is 0 Å². The van der Waals surface area contributed by atoms with E-state index in [1.807, 2.05) is 24.3 Å². The molecule has 4 heteroatoms. The van der Waals surface area contributed by atoms with Crippen LogP contribution < -0.4 is 4.74 Å². The molecule has 0 saturated carbocycles. The van der Waals surface area contributed by atoms with E-state index < -0.39 is 5.97 Å². The van der Waals surface area contributed by atoms with Crippen molar-refractivity contribution in [2.75, 3.05) is 6.61 Å². The second-order valence-electron chi connectivity index (χ2n) is 4.46. The molecule has 0 fully saturated rings. The van der Waals surface area contributed by atoms with Gasteiger partial charge in [-0.1, -0.05) is 31.5 Å². The number of aromatic carboxylic acids is 1. The molecular formula is C16H17NO3. The Labute approximate surface area is 118 Å². The van der Waals surface area contributed by atoms with Gasteiger partial charge in [0.25, 0.3) is 0 Å². The van der Waals surface area contributed by atoms with Crippen molar-refractivity contribution in [2.24, 2.45) is 0 Å². The fourth-order valence-electron chi connectivity index (χ4n) is 1.77. The number of rotatable bonds is 6. The normalized spacial score (nSPS) is 10.2.